The van der Waals surface area contributed by atoms with E-state index < -0.39 is 0 Å². The summed E-state index contributed by atoms with van der Waals surface area (Å²) in [7, 11) is 0. The van der Waals surface area contributed by atoms with Crippen molar-refractivity contribution >= 4 is 0 Å². The minimum atomic E-state index is 0.219. The lowest BCUT2D eigenvalue weighted by molar-refractivity contribution is 0.295. The first-order valence-electron chi connectivity index (χ1n) is 9.98. The summed E-state index contributed by atoms with van der Waals surface area (Å²) in [6.45, 7) is 13.7. The Bertz CT molecular complexity index is 633. The van der Waals surface area contributed by atoms with Gasteiger partial charge >= 0.3 is 0 Å². The molecule has 0 amide bonds. The largest absolute Gasteiger partial charge is 0.478 e. The van der Waals surface area contributed by atoms with Crippen LogP contribution < -0.4 is 4.74 Å². The Morgan fingerprint density at radius 3 is 2.58 bits per heavy atom. The number of aromatic nitrogens is 1. The number of aryl methyl sites for hydroxylation is 2. The van der Waals surface area contributed by atoms with E-state index in [0.29, 0.717) is 12.5 Å². The zero-order chi connectivity index (χ0) is 19.6. The fraction of sp³-hybridized carbons (Fsp3) is 0.652. The molecule has 0 saturated heterocycles. The smallest absolute Gasteiger partial charge is 0.213 e. The van der Waals surface area contributed by atoms with Crippen LogP contribution in [-0.4, -0.2) is 11.6 Å². The summed E-state index contributed by atoms with van der Waals surface area (Å²) in [5.74, 6) is 0.680. The third-order valence-electron chi connectivity index (χ3n) is 4.63. The topological polar surface area (TPSA) is 45.9 Å². The van der Waals surface area contributed by atoms with Crippen LogP contribution in [0.3, 0.4) is 0 Å². The minimum Gasteiger partial charge on any atom is -0.478 e. The van der Waals surface area contributed by atoms with Crippen LogP contribution in [0.5, 0.6) is 5.88 Å². The minimum absolute atomic E-state index is 0.219. The maximum atomic E-state index is 9.75. The van der Waals surface area contributed by atoms with Gasteiger partial charge in [0, 0.05) is 6.07 Å². The van der Waals surface area contributed by atoms with Gasteiger partial charge in [-0.25, -0.2) is 4.98 Å². The van der Waals surface area contributed by atoms with Crippen molar-refractivity contribution in [3.8, 4) is 11.9 Å². The third-order valence-corrected chi connectivity index (χ3v) is 4.63. The van der Waals surface area contributed by atoms with Gasteiger partial charge in [-0.2, -0.15) is 5.26 Å². The number of nitriles is 1. The van der Waals surface area contributed by atoms with Crippen molar-refractivity contribution in [1.82, 2.24) is 4.98 Å². The van der Waals surface area contributed by atoms with Crippen LogP contribution in [0.2, 0.25) is 0 Å². The molecule has 144 valence electrons. The van der Waals surface area contributed by atoms with E-state index in [2.05, 4.69) is 58.7 Å². The van der Waals surface area contributed by atoms with E-state index in [1.54, 1.807) is 0 Å². The molecule has 1 rings (SSSR count). The number of unbranched alkanes of at least 4 members (excludes halogenated alkanes) is 1. The highest BCUT2D eigenvalue weighted by atomic mass is 16.5. The molecule has 0 saturated carbocycles. The summed E-state index contributed by atoms with van der Waals surface area (Å²) >= 11 is 0. The maximum Gasteiger partial charge on any atom is 0.213 e. The van der Waals surface area contributed by atoms with Gasteiger partial charge in [-0.15, -0.1) is 0 Å². The van der Waals surface area contributed by atoms with Crippen LogP contribution in [0.1, 0.15) is 90.5 Å². The Morgan fingerprint density at radius 2 is 2.00 bits per heavy atom. The molecule has 0 aliphatic heterocycles. The van der Waals surface area contributed by atoms with Crippen LogP contribution in [0.15, 0.2) is 17.7 Å². The lowest BCUT2D eigenvalue weighted by Crippen LogP contribution is -2.10. The number of ether oxygens (including phenoxy) is 1. The zero-order valence-corrected chi connectivity index (χ0v) is 17.6. The van der Waals surface area contributed by atoms with Crippen molar-refractivity contribution in [1.29, 1.82) is 5.26 Å². The Kier molecular flexibility index (Phi) is 9.41. The second-order valence-electron chi connectivity index (χ2n) is 8.30. The van der Waals surface area contributed by atoms with E-state index in [4.69, 9.17) is 4.74 Å². The van der Waals surface area contributed by atoms with Crippen molar-refractivity contribution < 1.29 is 4.74 Å². The molecule has 26 heavy (non-hydrogen) atoms. The summed E-state index contributed by atoms with van der Waals surface area (Å²) in [6, 6.07) is 4.40. The lowest BCUT2D eigenvalue weighted by Gasteiger charge is -2.19. The van der Waals surface area contributed by atoms with Gasteiger partial charge in [0.15, 0.2) is 0 Å². The van der Waals surface area contributed by atoms with Crippen molar-refractivity contribution in [2.75, 3.05) is 6.61 Å². The van der Waals surface area contributed by atoms with Crippen LogP contribution in [0.25, 0.3) is 0 Å². The molecule has 0 unspecified atom stereocenters. The molecule has 0 fully saturated rings. The van der Waals surface area contributed by atoms with Crippen LogP contribution in [-0.2, 0) is 12.8 Å². The first-order chi connectivity index (χ1) is 12.3. The van der Waals surface area contributed by atoms with Crippen molar-refractivity contribution in [2.24, 2.45) is 5.41 Å². The standard InChI is InChI=1S/C23H36N2O/c1-7-9-15-26-22-16-19(12-10-11-18(3)8-2)20(17-24)21(25-22)13-14-23(4,5)6/h8,16H,7,9-15H2,1-6H3/b18-8-. The van der Waals surface area contributed by atoms with E-state index in [1.165, 1.54) is 5.57 Å². The summed E-state index contributed by atoms with van der Waals surface area (Å²) in [4.78, 5) is 4.68. The molecule has 3 nitrogen and oxygen atoms in total. The number of nitrogens with zero attached hydrogens (tertiary/aromatic N) is 2. The third kappa shape index (κ3) is 8.04. The Balaban J connectivity index is 3.05. The SMILES string of the molecule is C/C=C(/C)CCCc1cc(OCCCC)nc(CCC(C)(C)C)c1C#N. The molecule has 0 aliphatic rings. The number of pyridine rings is 1. The van der Waals surface area contributed by atoms with Gasteiger partial charge in [-0.05, 0) is 63.4 Å². The van der Waals surface area contributed by atoms with Crippen LogP contribution in [0, 0.1) is 16.7 Å². The molecule has 0 spiro atoms. The number of rotatable bonds is 10. The van der Waals surface area contributed by atoms with Gasteiger partial charge < -0.3 is 4.74 Å². The molecule has 0 N–H and O–H groups in total. The first kappa shape index (κ1) is 22.2. The Labute approximate surface area is 160 Å². The van der Waals surface area contributed by atoms with Gasteiger partial charge in [-0.3, -0.25) is 0 Å². The van der Waals surface area contributed by atoms with Gasteiger partial charge in [0.1, 0.15) is 6.07 Å². The molecule has 1 heterocycles. The lowest BCUT2D eigenvalue weighted by atomic mass is 9.88. The summed E-state index contributed by atoms with van der Waals surface area (Å²) in [6.07, 6.45) is 9.10. The molecular weight excluding hydrogens is 320 g/mol. The summed E-state index contributed by atoms with van der Waals surface area (Å²) in [5.41, 5.74) is 4.35. The molecule has 3 heteroatoms. The van der Waals surface area contributed by atoms with Crippen molar-refractivity contribution in [3.05, 3.63) is 34.5 Å². The quantitative estimate of drug-likeness (QED) is 0.360. The van der Waals surface area contributed by atoms with Gasteiger partial charge in [0.05, 0.1) is 17.9 Å². The number of allylic oxidation sites excluding steroid dienone is 2. The highest BCUT2D eigenvalue weighted by Gasteiger charge is 2.17. The molecule has 1 aromatic heterocycles. The molecule has 0 bridgehead atoms. The van der Waals surface area contributed by atoms with E-state index >= 15 is 0 Å². The van der Waals surface area contributed by atoms with Gasteiger partial charge in [0.25, 0.3) is 0 Å². The van der Waals surface area contributed by atoms with E-state index in [1.807, 2.05) is 6.07 Å². The second-order valence-corrected chi connectivity index (χ2v) is 8.30. The van der Waals surface area contributed by atoms with E-state index in [-0.39, 0.29) is 5.41 Å². The molecule has 0 radical (unpaired) electrons. The normalized spacial score (nSPS) is 12.1. The highest BCUT2D eigenvalue weighted by molar-refractivity contribution is 5.44. The Morgan fingerprint density at radius 1 is 1.27 bits per heavy atom. The predicted molar refractivity (Wildman–Crippen MR) is 110 cm³/mol. The molecular formula is C23H36N2O. The fourth-order valence-electron chi connectivity index (χ4n) is 2.73. The molecule has 0 aromatic carbocycles. The van der Waals surface area contributed by atoms with E-state index in [0.717, 1.165) is 61.8 Å². The summed E-state index contributed by atoms with van der Waals surface area (Å²) < 4.78 is 5.88. The monoisotopic (exact) mass is 356 g/mol. The molecule has 0 aliphatic carbocycles. The predicted octanol–water partition coefficient (Wildman–Crippen LogP) is 6.40. The zero-order valence-electron chi connectivity index (χ0n) is 17.6. The Hall–Kier alpha value is -1.82. The average molecular weight is 357 g/mol. The first-order valence-corrected chi connectivity index (χ1v) is 9.98. The van der Waals surface area contributed by atoms with Crippen LogP contribution in [0.4, 0.5) is 0 Å². The molecule has 0 atom stereocenters. The van der Waals surface area contributed by atoms with Gasteiger partial charge in [0.2, 0.25) is 5.88 Å². The average Bonchev–Trinajstić information content (AvgIpc) is 2.59. The van der Waals surface area contributed by atoms with Crippen molar-refractivity contribution in [3.63, 3.8) is 0 Å². The second kappa shape index (κ2) is 11.0. The highest BCUT2D eigenvalue weighted by Crippen LogP contribution is 2.26. The molecule has 1 aromatic rings. The van der Waals surface area contributed by atoms with Crippen molar-refractivity contribution in [2.45, 2.75) is 86.5 Å². The number of hydrogen-bond donors (Lipinski definition) is 0. The van der Waals surface area contributed by atoms with E-state index in [9.17, 15) is 5.26 Å². The fourth-order valence-corrected chi connectivity index (χ4v) is 2.73. The number of hydrogen-bond acceptors (Lipinski definition) is 3. The summed E-state index contributed by atoms with van der Waals surface area (Å²) in [5, 5.41) is 9.75. The van der Waals surface area contributed by atoms with Gasteiger partial charge in [-0.1, -0.05) is 45.8 Å². The van der Waals surface area contributed by atoms with Crippen LogP contribution >= 0.6 is 0 Å². The maximum absolute atomic E-state index is 9.75.